The van der Waals surface area contributed by atoms with E-state index in [2.05, 4.69) is 0 Å². The van der Waals surface area contributed by atoms with Gasteiger partial charge in [0.25, 0.3) is 0 Å². The molecule has 3 aliphatic carbocycles. The molecular formula is C22H42Sn. The third-order valence-electron chi connectivity index (χ3n) is 8.06. The third-order valence-corrected chi connectivity index (χ3v) is 10.1. The van der Waals surface area contributed by atoms with Crippen LogP contribution in [-0.4, -0.2) is 22.5 Å². The van der Waals surface area contributed by atoms with Crippen LogP contribution < -0.4 is 0 Å². The van der Waals surface area contributed by atoms with Crippen LogP contribution in [0.1, 0.15) is 109 Å². The minimum atomic E-state index is 0.795. The molecule has 0 aromatic heterocycles. The van der Waals surface area contributed by atoms with E-state index in [0.717, 1.165) is 45.7 Å². The zero-order valence-electron chi connectivity index (χ0n) is 16.0. The first-order chi connectivity index (χ1) is 11.4. The van der Waals surface area contributed by atoms with Gasteiger partial charge in [-0.15, -0.1) is 0 Å². The summed E-state index contributed by atoms with van der Waals surface area (Å²) < 4.78 is 1.62. The van der Waals surface area contributed by atoms with Gasteiger partial charge in [-0.2, -0.15) is 0 Å². The van der Waals surface area contributed by atoms with Crippen LogP contribution in [0.2, 0.25) is 4.44 Å². The fourth-order valence-corrected chi connectivity index (χ4v) is 8.02. The predicted molar refractivity (Wildman–Crippen MR) is 106 cm³/mol. The van der Waals surface area contributed by atoms with Crippen LogP contribution in [0.4, 0.5) is 0 Å². The van der Waals surface area contributed by atoms with Crippen molar-refractivity contribution in [3.63, 3.8) is 0 Å². The summed E-state index contributed by atoms with van der Waals surface area (Å²) in [5.41, 5.74) is 0.795. The fraction of sp³-hybridized carbons (Fsp3) is 1.00. The summed E-state index contributed by atoms with van der Waals surface area (Å²) in [4.78, 5) is 0. The van der Waals surface area contributed by atoms with Crippen molar-refractivity contribution in [1.82, 2.24) is 0 Å². The molecule has 0 aliphatic heterocycles. The maximum absolute atomic E-state index is 1.64. The van der Waals surface area contributed by atoms with Gasteiger partial charge in [0.1, 0.15) is 0 Å². The van der Waals surface area contributed by atoms with Gasteiger partial charge in [-0.25, -0.2) is 0 Å². The van der Waals surface area contributed by atoms with E-state index in [4.69, 9.17) is 0 Å². The standard InChI is InChI=1S/C22H39.Sn.3H/c1-2-18-22(19-12-6-3-7-13-19,20-14-8-4-9-15-20)21-16-10-5-11-17-21;;;;/h19-21H,1-18H2;;;;. The first-order valence-corrected chi connectivity index (χ1v) is 15.4. The second-order valence-electron chi connectivity index (χ2n) is 9.22. The van der Waals surface area contributed by atoms with E-state index in [1.807, 2.05) is 0 Å². The first kappa shape index (κ1) is 18.6. The van der Waals surface area contributed by atoms with E-state index >= 15 is 0 Å². The molecule has 3 saturated carbocycles. The van der Waals surface area contributed by atoms with Gasteiger partial charge < -0.3 is 0 Å². The van der Waals surface area contributed by atoms with Crippen LogP contribution in [0.15, 0.2) is 0 Å². The molecule has 0 N–H and O–H groups in total. The van der Waals surface area contributed by atoms with Crippen molar-refractivity contribution in [2.75, 3.05) is 0 Å². The van der Waals surface area contributed by atoms with Gasteiger partial charge in [-0.3, -0.25) is 0 Å². The Morgan fingerprint density at radius 1 is 0.565 bits per heavy atom. The quantitative estimate of drug-likeness (QED) is 0.440. The van der Waals surface area contributed by atoms with Crippen molar-refractivity contribution < 1.29 is 0 Å². The van der Waals surface area contributed by atoms with Crippen molar-refractivity contribution in [2.45, 2.75) is 114 Å². The molecule has 0 spiro atoms. The third kappa shape index (κ3) is 4.32. The Balaban J connectivity index is 1.88. The molecule has 3 fully saturated rings. The van der Waals surface area contributed by atoms with Crippen molar-refractivity contribution in [2.24, 2.45) is 23.2 Å². The van der Waals surface area contributed by atoms with Gasteiger partial charge >= 0.3 is 159 Å². The monoisotopic (exact) mass is 426 g/mol. The summed E-state index contributed by atoms with van der Waals surface area (Å²) in [6.07, 6.45) is 26.7. The average molecular weight is 425 g/mol. The van der Waals surface area contributed by atoms with E-state index in [0.29, 0.717) is 0 Å². The number of hydrogen-bond donors (Lipinski definition) is 0. The average Bonchev–Trinajstić information content (AvgIpc) is 2.65. The molecule has 0 amide bonds. The van der Waals surface area contributed by atoms with Crippen molar-refractivity contribution >= 4 is 22.5 Å². The Morgan fingerprint density at radius 2 is 0.913 bits per heavy atom. The van der Waals surface area contributed by atoms with Gasteiger partial charge in [-0.05, 0) is 0 Å². The van der Waals surface area contributed by atoms with Crippen molar-refractivity contribution in [3.05, 3.63) is 0 Å². The number of rotatable bonds is 6. The van der Waals surface area contributed by atoms with Gasteiger partial charge in [-0.1, -0.05) is 0 Å². The van der Waals surface area contributed by atoms with Gasteiger partial charge in [0.15, 0.2) is 0 Å². The van der Waals surface area contributed by atoms with Crippen LogP contribution in [0, 0.1) is 23.2 Å². The van der Waals surface area contributed by atoms with Crippen LogP contribution >= 0.6 is 0 Å². The SMILES string of the molecule is [SnH3][CH2]CCC(C1CCCCC1)(C1CCCCC1)C1CCCCC1. The Bertz CT molecular complexity index is 273. The molecule has 0 nitrogen and oxygen atoms in total. The van der Waals surface area contributed by atoms with Crippen molar-refractivity contribution in [3.8, 4) is 0 Å². The topological polar surface area (TPSA) is 0 Å². The Hall–Kier alpha value is 0.799. The van der Waals surface area contributed by atoms with E-state index in [-0.39, 0.29) is 0 Å². The maximum atomic E-state index is 1.64. The van der Waals surface area contributed by atoms with Crippen LogP contribution in [0.5, 0.6) is 0 Å². The molecule has 0 saturated heterocycles. The molecule has 0 aromatic carbocycles. The predicted octanol–water partition coefficient (Wildman–Crippen LogP) is 6.28. The van der Waals surface area contributed by atoms with Crippen LogP contribution in [0.25, 0.3) is 0 Å². The Labute approximate surface area is 159 Å². The normalized spacial score (nSPS) is 26.6. The molecule has 3 rings (SSSR count). The first-order valence-electron chi connectivity index (χ1n) is 11.4. The molecule has 0 radical (unpaired) electrons. The summed E-state index contributed by atoms with van der Waals surface area (Å²) in [6, 6.07) is 0. The molecule has 0 aromatic rings. The summed E-state index contributed by atoms with van der Waals surface area (Å²) in [5, 5.41) is 0. The zero-order chi connectivity index (χ0) is 16.0. The molecule has 0 heterocycles. The van der Waals surface area contributed by atoms with E-state index in [1.54, 1.807) is 94.3 Å². The molecular weight excluding hydrogens is 383 g/mol. The summed E-state index contributed by atoms with van der Waals surface area (Å²) >= 11 is 0.912. The second kappa shape index (κ2) is 9.48. The second-order valence-corrected chi connectivity index (χ2v) is 12.1. The molecule has 3 aliphatic rings. The van der Waals surface area contributed by atoms with Gasteiger partial charge in [0.05, 0.1) is 0 Å². The summed E-state index contributed by atoms with van der Waals surface area (Å²) in [7, 11) is 0. The Morgan fingerprint density at radius 3 is 1.22 bits per heavy atom. The van der Waals surface area contributed by atoms with Gasteiger partial charge in [0.2, 0.25) is 0 Å². The van der Waals surface area contributed by atoms with E-state index < -0.39 is 0 Å². The molecule has 134 valence electrons. The van der Waals surface area contributed by atoms with Crippen LogP contribution in [-0.2, 0) is 0 Å². The van der Waals surface area contributed by atoms with E-state index in [9.17, 15) is 0 Å². The molecule has 0 bridgehead atoms. The Kier molecular flexibility index (Phi) is 7.66. The summed E-state index contributed by atoms with van der Waals surface area (Å²) in [5.74, 6) is 3.34. The summed E-state index contributed by atoms with van der Waals surface area (Å²) in [6.45, 7) is 0. The molecule has 23 heavy (non-hydrogen) atoms. The van der Waals surface area contributed by atoms with Crippen molar-refractivity contribution in [1.29, 1.82) is 0 Å². The number of hydrogen-bond acceptors (Lipinski definition) is 0. The van der Waals surface area contributed by atoms with Gasteiger partial charge in [0, 0.05) is 0 Å². The molecule has 0 atom stereocenters. The molecule has 0 unspecified atom stereocenters. The fourth-order valence-electron chi connectivity index (χ4n) is 7.02. The van der Waals surface area contributed by atoms with E-state index in [1.165, 1.54) is 19.3 Å². The minimum absolute atomic E-state index is 0.795. The molecule has 1 heteroatoms. The van der Waals surface area contributed by atoms with Crippen LogP contribution in [0.3, 0.4) is 0 Å². The zero-order valence-corrected chi connectivity index (χ0v) is 21.7.